The van der Waals surface area contributed by atoms with E-state index in [0.29, 0.717) is 61.3 Å². The number of aromatic nitrogens is 5. The van der Waals surface area contributed by atoms with Crippen LogP contribution in [-0.4, -0.2) is 167 Å². The van der Waals surface area contributed by atoms with Crippen molar-refractivity contribution in [2.24, 2.45) is 11.8 Å². The number of nitrogens with zero attached hydrogens (tertiary/aromatic N) is 11. The van der Waals surface area contributed by atoms with Crippen LogP contribution in [0.15, 0.2) is 85.1 Å². The van der Waals surface area contributed by atoms with E-state index < -0.39 is 39.9 Å². The molecule has 4 aliphatic rings. The number of piperazine rings is 1. The van der Waals surface area contributed by atoms with Gasteiger partial charge in [0.15, 0.2) is 11.6 Å². The van der Waals surface area contributed by atoms with E-state index in [1.807, 2.05) is 49.5 Å². The highest BCUT2D eigenvalue weighted by Crippen LogP contribution is 2.42. The van der Waals surface area contributed by atoms with Crippen molar-refractivity contribution in [3.05, 3.63) is 108 Å². The average Bonchev–Trinajstić information content (AvgIpc) is 3.82. The van der Waals surface area contributed by atoms with Gasteiger partial charge in [0.2, 0.25) is 27.7 Å². The van der Waals surface area contributed by atoms with Crippen molar-refractivity contribution in [2.75, 3.05) is 98.2 Å². The molecule has 0 radical (unpaired) electrons. The summed E-state index contributed by atoms with van der Waals surface area (Å²) in [5.41, 5.74) is 4.15. The van der Waals surface area contributed by atoms with Gasteiger partial charge in [0.05, 0.1) is 41.6 Å². The Morgan fingerprint density at radius 2 is 1.51 bits per heavy atom. The zero-order valence-corrected chi connectivity index (χ0v) is 47.8. The lowest BCUT2D eigenvalue weighted by Crippen LogP contribution is -2.49. The van der Waals surface area contributed by atoms with Gasteiger partial charge in [0, 0.05) is 102 Å². The Morgan fingerprint density at radius 3 is 2.18 bits per heavy atom. The molecule has 6 aromatic rings. The van der Waals surface area contributed by atoms with Gasteiger partial charge < -0.3 is 45.2 Å². The number of carbonyl (C=O) groups is 3. The molecule has 0 unspecified atom stereocenters. The number of nitrogens with one attached hydrogen (secondary N) is 2. The monoisotopic (exact) mass is 1160 g/mol. The second-order valence-electron chi connectivity index (χ2n) is 21.6. The lowest BCUT2D eigenvalue weighted by Gasteiger charge is -2.40. The van der Waals surface area contributed by atoms with Crippen LogP contribution in [0.25, 0.3) is 17.1 Å². The summed E-state index contributed by atoms with van der Waals surface area (Å²) >= 11 is 0. The molecule has 0 aliphatic carbocycles. The van der Waals surface area contributed by atoms with Crippen molar-refractivity contribution in [3.63, 3.8) is 0 Å². The molecule has 3 fully saturated rings. The quantitative estimate of drug-likeness (QED) is 0.0735. The zero-order chi connectivity index (χ0) is 58.9. The van der Waals surface area contributed by atoms with E-state index in [2.05, 4.69) is 45.1 Å². The molecule has 83 heavy (non-hydrogen) atoms. The van der Waals surface area contributed by atoms with Crippen molar-refractivity contribution in [1.82, 2.24) is 44.7 Å². The topological polar surface area (TPSA) is 235 Å². The number of ether oxygens (including phenoxy) is 1. The maximum atomic E-state index is 13.9. The molecule has 4 aliphatic heterocycles. The third kappa shape index (κ3) is 12.5. The number of aromatic hydroxyl groups is 2. The minimum absolute atomic E-state index is 0.0156. The number of aryl methyl sites for hydroxylation is 1. The van der Waals surface area contributed by atoms with Gasteiger partial charge in [-0.3, -0.25) is 23.9 Å². The number of anilines is 6. The van der Waals surface area contributed by atoms with Crippen LogP contribution in [0.3, 0.4) is 0 Å². The first-order valence-electron chi connectivity index (χ1n) is 27.9. The summed E-state index contributed by atoms with van der Waals surface area (Å²) in [7, 11) is -2.39. The van der Waals surface area contributed by atoms with Crippen LogP contribution in [-0.2, 0) is 27.8 Å². The van der Waals surface area contributed by atoms with E-state index in [-0.39, 0.29) is 63.4 Å². The van der Waals surface area contributed by atoms with Crippen LogP contribution in [0.1, 0.15) is 78.6 Å². The fraction of sp³-hybridized carbons (Fsp3) is 0.431. The van der Waals surface area contributed by atoms with Gasteiger partial charge in [-0.1, -0.05) is 31.2 Å². The molecule has 1 atom stereocenters. The standard InChI is InChI=1S/C58H68F3N13O8S/c1-6-39-30-44(49(76)32-48(39)75)51-66-67-53(54(77)63-36(3)58(59,60)61)73(51)41-14-12-37(13-15-41)34-69-26-28-70(29-27-69)35-38-18-22-72(23-19-38)55(78)40-20-24-71(25-21-40)42-16-17-45(50(31-42)82-7-2)64-57-62-33-47-52(65-57)74(83(5,80)81)46-11-9-8-10-43(46)56(79)68(47)4/h8-17,30-33,36,38,40,75-76H,6-7,18-29,34-35H2,1-5H3,(H,63,77)(H,62,64,65)/t36-/m0/s1. The summed E-state index contributed by atoms with van der Waals surface area (Å²) < 4.78 is 75.4. The number of piperidine rings is 2. The van der Waals surface area contributed by atoms with Gasteiger partial charge >= 0.3 is 6.18 Å². The van der Waals surface area contributed by atoms with E-state index in [4.69, 9.17) is 4.74 Å². The van der Waals surface area contributed by atoms with Gasteiger partial charge in [-0.2, -0.15) is 18.2 Å². The molecule has 0 spiro atoms. The summed E-state index contributed by atoms with van der Waals surface area (Å²) in [6.45, 7) is 12.9. The molecule has 0 bridgehead atoms. The van der Waals surface area contributed by atoms with Crippen LogP contribution in [0.2, 0.25) is 0 Å². The second-order valence-corrected chi connectivity index (χ2v) is 23.4. The molecule has 440 valence electrons. The van der Waals surface area contributed by atoms with Crippen molar-refractivity contribution in [1.29, 1.82) is 0 Å². The SMILES string of the molecule is CCOc1cc(N2CCC(C(=O)N3CCC(CN4CCN(Cc5ccc(-n6c(C(=O)N[C@@H](C)C(F)(F)F)nnc6-c6cc(CC)c(O)cc6O)cc5)CC4)CC3)CC2)ccc1Nc1ncc2c(n1)N(S(C)(=O)=O)c1ccccc1C(=O)N2C. The highest BCUT2D eigenvalue weighted by Gasteiger charge is 2.39. The van der Waals surface area contributed by atoms with Crippen LogP contribution in [0, 0.1) is 11.8 Å². The second kappa shape index (κ2) is 24.1. The molecule has 0 saturated carbocycles. The molecule has 3 amide bonds. The molecule has 3 saturated heterocycles. The number of hydrogen-bond acceptors (Lipinski definition) is 16. The average molecular weight is 1160 g/mol. The van der Waals surface area contributed by atoms with E-state index in [0.717, 1.165) is 106 Å². The van der Waals surface area contributed by atoms with E-state index in [1.54, 1.807) is 43.4 Å². The first-order valence-corrected chi connectivity index (χ1v) is 29.8. The summed E-state index contributed by atoms with van der Waals surface area (Å²) in [5.74, 6) is -1.03. The number of carbonyl (C=O) groups excluding carboxylic acids is 3. The van der Waals surface area contributed by atoms with Crippen molar-refractivity contribution in [2.45, 2.75) is 71.6 Å². The Morgan fingerprint density at radius 1 is 0.819 bits per heavy atom. The van der Waals surface area contributed by atoms with Gasteiger partial charge in [-0.05, 0) is 105 Å². The molecule has 6 heterocycles. The first kappa shape index (κ1) is 58.2. The summed E-state index contributed by atoms with van der Waals surface area (Å²) in [4.78, 5) is 60.3. The smallest absolute Gasteiger partial charge is 0.408 e. The molecule has 4 aromatic carbocycles. The lowest BCUT2D eigenvalue weighted by molar-refractivity contribution is -0.149. The Labute approximate surface area is 479 Å². The fourth-order valence-corrected chi connectivity index (χ4v) is 12.3. The maximum Gasteiger partial charge on any atom is 0.408 e. The number of alkyl halides is 3. The highest BCUT2D eigenvalue weighted by atomic mass is 32.2. The van der Waals surface area contributed by atoms with E-state index in [1.165, 1.54) is 21.7 Å². The Hall–Kier alpha value is -8.03. The number of benzene rings is 4. The van der Waals surface area contributed by atoms with Crippen LogP contribution >= 0.6 is 0 Å². The van der Waals surface area contributed by atoms with Gasteiger partial charge in [0.25, 0.3) is 11.8 Å². The number of amides is 3. The minimum Gasteiger partial charge on any atom is -0.508 e. The first-order chi connectivity index (χ1) is 39.7. The van der Waals surface area contributed by atoms with Crippen LogP contribution in [0.4, 0.5) is 47.7 Å². The Kier molecular flexibility index (Phi) is 16.9. The van der Waals surface area contributed by atoms with Crippen molar-refractivity contribution < 1.29 is 50.9 Å². The summed E-state index contributed by atoms with van der Waals surface area (Å²) in [5, 5.41) is 34.5. The number of para-hydroxylation sites is 1. The van der Waals surface area contributed by atoms with Gasteiger partial charge in [-0.25, -0.2) is 17.7 Å². The van der Waals surface area contributed by atoms with E-state index >= 15 is 0 Å². The molecular formula is C58H68F3N13O8S. The minimum atomic E-state index is -4.69. The molecule has 4 N–H and O–H groups in total. The number of phenolic OH excluding ortho intramolecular Hbond substituents is 2. The van der Waals surface area contributed by atoms with Gasteiger partial charge in [-0.15, -0.1) is 10.2 Å². The van der Waals surface area contributed by atoms with Crippen molar-refractivity contribution >= 4 is 62.3 Å². The number of sulfonamides is 1. The lowest BCUT2D eigenvalue weighted by atomic mass is 9.91. The largest absolute Gasteiger partial charge is 0.508 e. The normalized spacial score (nSPS) is 17.2. The third-order valence-corrected chi connectivity index (χ3v) is 17.1. The number of phenols is 2. The van der Waals surface area contributed by atoms with Crippen molar-refractivity contribution in [3.8, 4) is 34.3 Å². The number of hydrogen-bond donors (Lipinski definition) is 4. The number of likely N-dealkylation sites (tertiary alicyclic amines) is 1. The summed E-state index contributed by atoms with van der Waals surface area (Å²) in [6.07, 6.45) is 1.54. The van der Waals surface area contributed by atoms with Crippen LogP contribution in [0.5, 0.6) is 17.2 Å². The van der Waals surface area contributed by atoms with E-state index in [9.17, 15) is 46.2 Å². The number of rotatable bonds is 16. The Balaban J connectivity index is 0.698. The number of fused-ring (bicyclic) bond motifs is 2. The Bertz CT molecular complexity index is 3490. The van der Waals surface area contributed by atoms with Gasteiger partial charge in [0.1, 0.15) is 29.0 Å². The third-order valence-electron chi connectivity index (χ3n) is 16.0. The number of halogens is 3. The zero-order valence-electron chi connectivity index (χ0n) is 46.9. The summed E-state index contributed by atoms with van der Waals surface area (Å²) in [6, 6.07) is 20.0. The molecule has 10 rings (SSSR count). The fourth-order valence-electron chi connectivity index (χ4n) is 11.4. The molecule has 21 nitrogen and oxygen atoms in total. The molecular weight excluding hydrogens is 1100 g/mol. The molecule has 25 heteroatoms. The molecule has 2 aromatic heterocycles. The maximum absolute atomic E-state index is 13.9. The highest BCUT2D eigenvalue weighted by molar-refractivity contribution is 7.92. The predicted octanol–water partition coefficient (Wildman–Crippen LogP) is 7.48. The van der Waals surface area contributed by atoms with Crippen LogP contribution < -0.4 is 29.5 Å². The predicted molar refractivity (Wildman–Crippen MR) is 308 cm³/mol.